The minimum Gasteiger partial charge on any atom is -0.497 e. The van der Waals surface area contributed by atoms with Gasteiger partial charge in [-0.3, -0.25) is 4.90 Å². The zero-order valence-electron chi connectivity index (χ0n) is 17.4. The molecule has 0 N–H and O–H groups in total. The number of benzene rings is 2. The summed E-state index contributed by atoms with van der Waals surface area (Å²) in [6.07, 6.45) is 0. The van der Waals surface area contributed by atoms with Gasteiger partial charge in [-0.2, -0.15) is 0 Å². The molecule has 0 spiro atoms. The monoisotopic (exact) mass is 414 g/mol. The van der Waals surface area contributed by atoms with Crippen molar-refractivity contribution in [2.75, 3.05) is 27.4 Å². The van der Waals surface area contributed by atoms with E-state index in [2.05, 4.69) is 28.9 Å². The second kappa shape index (κ2) is 9.81. The normalized spacial score (nSPS) is 11.1. The third-order valence-corrected chi connectivity index (χ3v) is 5.15. The van der Waals surface area contributed by atoms with Gasteiger partial charge in [0.1, 0.15) is 10.9 Å². The van der Waals surface area contributed by atoms with E-state index in [9.17, 15) is 0 Å². The van der Waals surface area contributed by atoms with Crippen LogP contribution in [-0.2, 0) is 13.1 Å². The van der Waals surface area contributed by atoms with Crippen molar-refractivity contribution in [1.29, 1.82) is 0 Å². The lowest BCUT2D eigenvalue weighted by Crippen LogP contribution is -2.22. The highest BCUT2D eigenvalue weighted by Gasteiger charge is 2.13. The molecule has 0 aliphatic carbocycles. The summed E-state index contributed by atoms with van der Waals surface area (Å²) in [7, 11) is 3.31. The van der Waals surface area contributed by atoms with Crippen molar-refractivity contribution >= 4 is 22.5 Å². The molecule has 0 fully saturated rings. The number of halogens is 1. The molecule has 1 aromatic heterocycles. The van der Waals surface area contributed by atoms with Crippen molar-refractivity contribution in [3.63, 3.8) is 0 Å². The first kappa shape index (κ1) is 21.2. The summed E-state index contributed by atoms with van der Waals surface area (Å²) in [5.41, 5.74) is 2.99. The Morgan fingerprint density at radius 3 is 2.45 bits per heavy atom. The topological polar surface area (TPSA) is 43.8 Å². The maximum Gasteiger partial charge on any atom is 0.161 e. The van der Waals surface area contributed by atoms with Gasteiger partial charge in [-0.05, 0) is 49.4 Å². The summed E-state index contributed by atoms with van der Waals surface area (Å²) in [6, 6.07) is 14.0. The molecule has 5 nitrogen and oxygen atoms in total. The maximum atomic E-state index is 6.49. The molecule has 0 atom stereocenters. The average molecular weight is 415 g/mol. The fraction of sp³-hybridized carbons (Fsp3) is 0.348. The summed E-state index contributed by atoms with van der Waals surface area (Å²) in [4.78, 5) is 6.87. The second-order valence-corrected chi connectivity index (χ2v) is 7.08. The van der Waals surface area contributed by atoms with Crippen molar-refractivity contribution in [3.05, 3.63) is 58.7 Å². The zero-order chi connectivity index (χ0) is 20.8. The number of pyridine rings is 1. The molecule has 29 heavy (non-hydrogen) atoms. The first-order chi connectivity index (χ1) is 14.1. The van der Waals surface area contributed by atoms with E-state index in [0.717, 1.165) is 52.4 Å². The number of hydrogen-bond donors (Lipinski definition) is 0. The van der Waals surface area contributed by atoms with Crippen molar-refractivity contribution in [3.8, 4) is 17.2 Å². The van der Waals surface area contributed by atoms with E-state index in [1.54, 1.807) is 14.2 Å². The van der Waals surface area contributed by atoms with Crippen LogP contribution in [0.3, 0.4) is 0 Å². The Labute approximate surface area is 177 Å². The largest absolute Gasteiger partial charge is 0.497 e. The van der Waals surface area contributed by atoms with Gasteiger partial charge >= 0.3 is 0 Å². The third kappa shape index (κ3) is 5.11. The third-order valence-electron chi connectivity index (χ3n) is 4.83. The van der Waals surface area contributed by atoms with Crippen LogP contribution in [0.5, 0.6) is 17.2 Å². The van der Waals surface area contributed by atoms with Gasteiger partial charge in [-0.1, -0.05) is 24.6 Å². The smallest absolute Gasteiger partial charge is 0.161 e. The van der Waals surface area contributed by atoms with Crippen molar-refractivity contribution < 1.29 is 14.2 Å². The van der Waals surface area contributed by atoms with E-state index in [0.29, 0.717) is 18.3 Å². The number of aromatic nitrogens is 1. The van der Waals surface area contributed by atoms with Gasteiger partial charge < -0.3 is 14.2 Å². The van der Waals surface area contributed by atoms with Crippen LogP contribution >= 0.6 is 11.6 Å². The molecule has 0 saturated heterocycles. The lowest BCUT2D eigenvalue weighted by Gasteiger charge is -2.22. The summed E-state index contributed by atoms with van der Waals surface area (Å²) >= 11 is 6.49. The van der Waals surface area contributed by atoms with E-state index in [1.165, 1.54) is 0 Å². The molecule has 0 amide bonds. The van der Waals surface area contributed by atoms with E-state index in [1.807, 2.05) is 37.3 Å². The summed E-state index contributed by atoms with van der Waals surface area (Å²) in [5, 5.41) is 1.57. The van der Waals surface area contributed by atoms with Crippen LogP contribution in [0.15, 0.2) is 42.5 Å². The Balaban J connectivity index is 1.80. The Hall–Kier alpha value is -2.50. The number of nitrogens with zero attached hydrogens (tertiary/aromatic N) is 2. The van der Waals surface area contributed by atoms with Gasteiger partial charge in [0.05, 0.1) is 26.3 Å². The fourth-order valence-electron chi connectivity index (χ4n) is 3.27. The molecule has 0 radical (unpaired) electrons. The molecule has 1 heterocycles. The number of methoxy groups -OCH3 is 2. The molecule has 2 aromatic carbocycles. The van der Waals surface area contributed by atoms with Crippen molar-refractivity contribution in [2.45, 2.75) is 26.9 Å². The number of fused-ring (bicyclic) bond motifs is 1. The minimum atomic E-state index is 0.522. The number of rotatable bonds is 9. The Bertz CT molecular complexity index is 978. The summed E-state index contributed by atoms with van der Waals surface area (Å²) in [6.45, 7) is 7.07. The molecule has 6 heteroatoms. The van der Waals surface area contributed by atoms with Crippen LogP contribution in [0.2, 0.25) is 5.15 Å². The lowest BCUT2D eigenvalue weighted by atomic mass is 10.1. The molecule has 0 aliphatic heterocycles. The van der Waals surface area contributed by atoms with E-state index in [-0.39, 0.29) is 0 Å². The molecule has 3 aromatic rings. The van der Waals surface area contributed by atoms with Crippen molar-refractivity contribution in [2.24, 2.45) is 0 Å². The Morgan fingerprint density at radius 2 is 1.76 bits per heavy atom. The molecule has 0 aliphatic rings. The quantitative estimate of drug-likeness (QED) is 0.443. The van der Waals surface area contributed by atoms with Gasteiger partial charge in [0, 0.05) is 30.1 Å². The SMILES string of the molecule is CCOc1ccc(CN(CC)Cc2cc3ccc(OC)cc3nc2Cl)cc1OC. The van der Waals surface area contributed by atoms with E-state index in [4.69, 9.17) is 25.8 Å². The number of hydrogen-bond acceptors (Lipinski definition) is 5. The van der Waals surface area contributed by atoms with Crippen LogP contribution in [0, 0.1) is 0 Å². The fourth-order valence-corrected chi connectivity index (χ4v) is 3.47. The van der Waals surface area contributed by atoms with Crippen LogP contribution in [0.25, 0.3) is 10.9 Å². The summed E-state index contributed by atoms with van der Waals surface area (Å²) in [5.74, 6) is 2.28. The highest BCUT2D eigenvalue weighted by atomic mass is 35.5. The Morgan fingerprint density at radius 1 is 0.931 bits per heavy atom. The van der Waals surface area contributed by atoms with Crippen LogP contribution < -0.4 is 14.2 Å². The van der Waals surface area contributed by atoms with Crippen LogP contribution in [-0.4, -0.2) is 37.3 Å². The first-order valence-electron chi connectivity index (χ1n) is 9.73. The first-order valence-corrected chi connectivity index (χ1v) is 10.1. The van der Waals surface area contributed by atoms with Gasteiger partial charge in [-0.25, -0.2) is 4.98 Å². The lowest BCUT2D eigenvalue weighted by molar-refractivity contribution is 0.270. The van der Waals surface area contributed by atoms with Crippen molar-refractivity contribution in [1.82, 2.24) is 9.88 Å². The van der Waals surface area contributed by atoms with Crippen LogP contribution in [0.1, 0.15) is 25.0 Å². The van der Waals surface area contributed by atoms with Crippen LogP contribution in [0.4, 0.5) is 0 Å². The average Bonchev–Trinajstić information content (AvgIpc) is 2.74. The summed E-state index contributed by atoms with van der Waals surface area (Å²) < 4.78 is 16.4. The molecular weight excluding hydrogens is 388 g/mol. The molecule has 0 bridgehead atoms. The van der Waals surface area contributed by atoms with Gasteiger partial charge in [0.2, 0.25) is 0 Å². The predicted molar refractivity (Wildman–Crippen MR) is 117 cm³/mol. The molecule has 154 valence electrons. The second-order valence-electron chi connectivity index (χ2n) is 6.72. The highest BCUT2D eigenvalue weighted by molar-refractivity contribution is 6.30. The standard InChI is InChI=1S/C23H27ClN2O3/c1-5-26(14-16-7-10-21(29-6-2)22(11-16)28-4)15-18-12-17-8-9-19(27-3)13-20(17)25-23(18)24/h7-13H,5-6,14-15H2,1-4H3. The van der Waals surface area contributed by atoms with E-state index >= 15 is 0 Å². The van der Waals surface area contributed by atoms with Gasteiger partial charge in [0.25, 0.3) is 0 Å². The van der Waals surface area contributed by atoms with Gasteiger partial charge in [-0.15, -0.1) is 0 Å². The van der Waals surface area contributed by atoms with E-state index < -0.39 is 0 Å². The predicted octanol–water partition coefficient (Wildman–Crippen LogP) is 5.33. The maximum absolute atomic E-state index is 6.49. The zero-order valence-corrected chi connectivity index (χ0v) is 18.1. The molecule has 0 saturated carbocycles. The number of ether oxygens (including phenoxy) is 3. The molecule has 3 rings (SSSR count). The Kier molecular flexibility index (Phi) is 7.18. The van der Waals surface area contributed by atoms with Gasteiger partial charge in [0.15, 0.2) is 11.5 Å². The molecule has 0 unspecified atom stereocenters. The minimum absolute atomic E-state index is 0.522. The molecular formula is C23H27ClN2O3. The highest BCUT2D eigenvalue weighted by Crippen LogP contribution is 2.29.